The lowest BCUT2D eigenvalue weighted by Gasteiger charge is -2.22. The summed E-state index contributed by atoms with van der Waals surface area (Å²) < 4.78 is 0. The SMILES string of the molecule is c1ncc2nc(C3CCC3)[nH]c2n1. The van der Waals surface area contributed by atoms with Crippen molar-refractivity contribution in [2.45, 2.75) is 25.2 Å². The Hall–Kier alpha value is -1.45. The summed E-state index contributed by atoms with van der Waals surface area (Å²) in [5.41, 5.74) is 1.74. The smallest absolute Gasteiger partial charge is 0.160 e. The van der Waals surface area contributed by atoms with E-state index in [1.807, 2.05) is 0 Å². The van der Waals surface area contributed by atoms with Crippen LogP contribution in [0, 0.1) is 0 Å². The Morgan fingerprint density at radius 1 is 1.38 bits per heavy atom. The average Bonchev–Trinajstić information content (AvgIpc) is 2.43. The molecule has 0 bridgehead atoms. The van der Waals surface area contributed by atoms with Crippen molar-refractivity contribution in [3.63, 3.8) is 0 Å². The summed E-state index contributed by atoms with van der Waals surface area (Å²) in [6.07, 6.45) is 7.14. The topological polar surface area (TPSA) is 54.5 Å². The fraction of sp³-hybridized carbons (Fsp3) is 0.444. The highest BCUT2D eigenvalue weighted by atomic mass is 15.0. The van der Waals surface area contributed by atoms with Crippen LogP contribution in [-0.4, -0.2) is 19.9 Å². The van der Waals surface area contributed by atoms with Gasteiger partial charge < -0.3 is 4.98 Å². The molecule has 0 atom stereocenters. The van der Waals surface area contributed by atoms with Crippen molar-refractivity contribution in [3.8, 4) is 0 Å². The van der Waals surface area contributed by atoms with Gasteiger partial charge >= 0.3 is 0 Å². The fourth-order valence-electron chi connectivity index (χ4n) is 1.65. The van der Waals surface area contributed by atoms with Crippen LogP contribution in [0.1, 0.15) is 31.0 Å². The molecule has 0 spiro atoms. The molecule has 3 rings (SSSR count). The van der Waals surface area contributed by atoms with Gasteiger partial charge in [0.05, 0.1) is 6.20 Å². The summed E-state index contributed by atoms with van der Waals surface area (Å²) in [6.45, 7) is 0. The third kappa shape index (κ3) is 1.02. The van der Waals surface area contributed by atoms with E-state index in [4.69, 9.17) is 0 Å². The third-order valence-electron chi connectivity index (χ3n) is 2.67. The lowest BCUT2D eigenvalue weighted by atomic mass is 9.85. The number of nitrogens with one attached hydrogen (secondary N) is 1. The number of rotatable bonds is 1. The van der Waals surface area contributed by atoms with E-state index in [1.165, 1.54) is 19.3 Å². The summed E-state index contributed by atoms with van der Waals surface area (Å²) in [5, 5.41) is 0. The van der Waals surface area contributed by atoms with Crippen LogP contribution in [0.15, 0.2) is 12.5 Å². The Labute approximate surface area is 75.4 Å². The molecule has 1 saturated carbocycles. The number of aromatic amines is 1. The van der Waals surface area contributed by atoms with E-state index in [9.17, 15) is 0 Å². The monoisotopic (exact) mass is 174 g/mol. The van der Waals surface area contributed by atoms with E-state index in [1.54, 1.807) is 12.5 Å². The van der Waals surface area contributed by atoms with Crippen molar-refractivity contribution >= 4 is 11.2 Å². The Bertz CT molecular complexity index is 397. The van der Waals surface area contributed by atoms with Crippen molar-refractivity contribution in [2.24, 2.45) is 0 Å². The predicted molar refractivity (Wildman–Crippen MR) is 48.3 cm³/mol. The van der Waals surface area contributed by atoms with E-state index in [-0.39, 0.29) is 0 Å². The molecule has 2 aromatic heterocycles. The molecule has 0 amide bonds. The summed E-state index contributed by atoms with van der Waals surface area (Å²) in [7, 11) is 0. The minimum Gasteiger partial charge on any atom is -0.326 e. The zero-order chi connectivity index (χ0) is 8.67. The zero-order valence-corrected chi connectivity index (χ0v) is 7.20. The fourth-order valence-corrected chi connectivity index (χ4v) is 1.65. The quantitative estimate of drug-likeness (QED) is 0.714. The molecule has 0 aromatic carbocycles. The van der Waals surface area contributed by atoms with Crippen LogP contribution in [0.25, 0.3) is 11.2 Å². The molecule has 2 heterocycles. The first-order valence-electron chi connectivity index (χ1n) is 4.59. The summed E-state index contributed by atoms with van der Waals surface area (Å²) >= 11 is 0. The first-order valence-corrected chi connectivity index (χ1v) is 4.59. The number of nitrogens with zero attached hydrogens (tertiary/aromatic N) is 3. The zero-order valence-electron chi connectivity index (χ0n) is 7.20. The molecule has 0 unspecified atom stereocenters. The molecule has 4 heteroatoms. The highest BCUT2D eigenvalue weighted by molar-refractivity contribution is 5.68. The van der Waals surface area contributed by atoms with Crippen molar-refractivity contribution in [3.05, 3.63) is 18.3 Å². The lowest BCUT2D eigenvalue weighted by Crippen LogP contribution is -2.10. The van der Waals surface area contributed by atoms with Gasteiger partial charge in [0.15, 0.2) is 5.65 Å². The second-order valence-electron chi connectivity index (χ2n) is 3.51. The third-order valence-corrected chi connectivity index (χ3v) is 2.67. The van der Waals surface area contributed by atoms with Gasteiger partial charge in [0.1, 0.15) is 17.7 Å². The number of H-pyrrole nitrogens is 1. The van der Waals surface area contributed by atoms with Crippen molar-refractivity contribution in [1.82, 2.24) is 19.9 Å². The first kappa shape index (κ1) is 7.00. The largest absolute Gasteiger partial charge is 0.326 e. The maximum Gasteiger partial charge on any atom is 0.160 e. The lowest BCUT2D eigenvalue weighted by molar-refractivity contribution is 0.404. The molecule has 2 aromatic rings. The minimum atomic E-state index is 0.634. The highest BCUT2D eigenvalue weighted by Crippen LogP contribution is 2.34. The van der Waals surface area contributed by atoms with E-state index >= 15 is 0 Å². The summed E-state index contributed by atoms with van der Waals surface area (Å²) in [5.74, 6) is 1.72. The van der Waals surface area contributed by atoms with E-state index in [2.05, 4.69) is 19.9 Å². The molecular formula is C9H10N4. The summed E-state index contributed by atoms with van der Waals surface area (Å²) in [6, 6.07) is 0. The highest BCUT2D eigenvalue weighted by Gasteiger charge is 2.22. The van der Waals surface area contributed by atoms with Gasteiger partial charge in [-0.1, -0.05) is 6.42 Å². The van der Waals surface area contributed by atoms with E-state index < -0.39 is 0 Å². The molecule has 1 aliphatic rings. The number of fused-ring (bicyclic) bond motifs is 1. The second kappa shape index (κ2) is 2.52. The number of hydrogen-bond donors (Lipinski definition) is 1. The van der Waals surface area contributed by atoms with E-state index in [0.717, 1.165) is 17.0 Å². The molecule has 1 aliphatic carbocycles. The van der Waals surface area contributed by atoms with Crippen molar-refractivity contribution in [2.75, 3.05) is 0 Å². The van der Waals surface area contributed by atoms with Crippen LogP contribution in [0.2, 0.25) is 0 Å². The Morgan fingerprint density at radius 2 is 2.31 bits per heavy atom. The first-order chi connectivity index (χ1) is 6.43. The van der Waals surface area contributed by atoms with Gasteiger partial charge in [-0.05, 0) is 12.8 Å². The predicted octanol–water partition coefficient (Wildman–Crippen LogP) is 1.62. The van der Waals surface area contributed by atoms with Gasteiger partial charge in [-0.2, -0.15) is 0 Å². The van der Waals surface area contributed by atoms with Crippen LogP contribution >= 0.6 is 0 Å². The summed E-state index contributed by atoms with van der Waals surface area (Å²) in [4.78, 5) is 15.7. The Morgan fingerprint density at radius 3 is 3.00 bits per heavy atom. The molecule has 1 N–H and O–H groups in total. The van der Waals surface area contributed by atoms with Gasteiger partial charge in [0.2, 0.25) is 0 Å². The van der Waals surface area contributed by atoms with E-state index in [0.29, 0.717) is 5.92 Å². The van der Waals surface area contributed by atoms with Crippen LogP contribution in [0.4, 0.5) is 0 Å². The maximum atomic E-state index is 4.45. The molecule has 66 valence electrons. The van der Waals surface area contributed by atoms with Crippen molar-refractivity contribution < 1.29 is 0 Å². The van der Waals surface area contributed by atoms with Gasteiger partial charge in [-0.3, -0.25) is 0 Å². The molecule has 1 fully saturated rings. The Kier molecular flexibility index (Phi) is 1.36. The number of hydrogen-bond acceptors (Lipinski definition) is 3. The van der Waals surface area contributed by atoms with Crippen molar-refractivity contribution in [1.29, 1.82) is 0 Å². The van der Waals surface area contributed by atoms with Gasteiger partial charge in [-0.15, -0.1) is 0 Å². The maximum absolute atomic E-state index is 4.45. The van der Waals surface area contributed by atoms with Crippen LogP contribution < -0.4 is 0 Å². The second-order valence-corrected chi connectivity index (χ2v) is 3.51. The number of aromatic nitrogens is 4. The molecule has 0 saturated heterocycles. The number of imidazole rings is 1. The van der Waals surface area contributed by atoms with Gasteiger partial charge in [0.25, 0.3) is 0 Å². The van der Waals surface area contributed by atoms with Gasteiger partial charge in [0, 0.05) is 5.92 Å². The molecule has 0 radical (unpaired) electrons. The molecular weight excluding hydrogens is 164 g/mol. The molecule has 4 nitrogen and oxygen atoms in total. The minimum absolute atomic E-state index is 0.634. The Balaban J connectivity index is 2.10. The standard InChI is InChI=1S/C9H10N4/c1-2-6(3-1)8-12-7-4-10-5-11-9(7)13-8/h4-6H,1-3H2,(H,10,11,12,13). The van der Waals surface area contributed by atoms with Crippen LogP contribution in [0.5, 0.6) is 0 Å². The molecule has 0 aliphatic heterocycles. The van der Waals surface area contributed by atoms with Crippen LogP contribution in [0.3, 0.4) is 0 Å². The van der Waals surface area contributed by atoms with Gasteiger partial charge in [-0.25, -0.2) is 15.0 Å². The van der Waals surface area contributed by atoms with Crippen LogP contribution in [-0.2, 0) is 0 Å². The normalized spacial score (nSPS) is 17.5. The molecule has 13 heavy (non-hydrogen) atoms. The average molecular weight is 174 g/mol.